The summed E-state index contributed by atoms with van der Waals surface area (Å²) in [6.45, 7) is 1.88. The molecule has 1 aromatic heterocycles. The number of hydrogen-bond donors (Lipinski definition) is 2. The number of rotatable bonds is 1. The van der Waals surface area contributed by atoms with E-state index >= 15 is 0 Å². The molecule has 0 amide bonds. The molecule has 1 aliphatic rings. The number of aromatic nitrogens is 3. The first-order chi connectivity index (χ1) is 4.71. The molecule has 0 spiro atoms. The minimum Gasteiger partial charge on any atom is -0.328 e. The second-order valence-corrected chi connectivity index (χ2v) is 2.92. The highest BCUT2D eigenvalue weighted by Gasteiger charge is 2.43. The van der Waals surface area contributed by atoms with Crippen LogP contribution in [0.5, 0.6) is 0 Å². The van der Waals surface area contributed by atoms with E-state index in [2.05, 4.69) is 15.2 Å². The first-order valence-corrected chi connectivity index (χ1v) is 3.39. The van der Waals surface area contributed by atoms with Crippen molar-refractivity contribution < 1.29 is 0 Å². The van der Waals surface area contributed by atoms with E-state index in [1.807, 2.05) is 6.92 Å². The third-order valence-electron chi connectivity index (χ3n) is 1.86. The molecular formula is C6H10N4. The molecule has 4 nitrogen and oxygen atoms in total. The van der Waals surface area contributed by atoms with E-state index in [0.717, 1.165) is 24.5 Å². The first kappa shape index (κ1) is 5.85. The maximum Gasteiger partial charge on any atom is 0.150 e. The molecule has 3 N–H and O–H groups in total. The van der Waals surface area contributed by atoms with Crippen molar-refractivity contribution in [2.24, 2.45) is 5.73 Å². The van der Waals surface area contributed by atoms with E-state index in [1.54, 1.807) is 0 Å². The van der Waals surface area contributed by atoms with Crippen molar-refractivity contribution in [3.63, 3.8) is 0 Å². The van der Waals surface area contributed by atoms with Crippen molar-refractivity contribution in [2.45, 2.75) is 25.3 Å². The number of nitrogens with two attached hydrogens (primary N) is 1. The highest BCUT2D eigenvalue weighted by atomic mass is 15.2. The van der Waals surface area contributed by atoms with Gasteiger partial charge in [-0.25, -0.2) is 0 Å². The van der Waals surface area contributed by atoms with Crippen LogP contribution in [-0.2, 0) is 5.54 Å². The van der Waals surface area contributed by atoms with Crippen LogP contribution in [0.25, 0.3) is 0 Å². The molecule has 1 aliphatic carbocycles. The van der Waals surface area contributed by atoms with Gasteiger partial charge in [0.15, 0.2) is 5.82 Å². The van der Waals surface area contributed by atoms with Crippen molar-refractivity contribution in [1.29, 1.82) is 0 Å². The number of H-pyrrole nitrogens is 1. The van der Waals surface area contributed by atoms with Crippen LogP contribution >= 0.6 is 0 Å². The van der Waals surface area contributed by atoms with E-state index < -0.39 is 0 Å². The molecule has 0 bridgehead atoms. The van der Waals surface area contributed by atoms with Crippen molar-refractivity contribution in [2.75, 3.05) is 0 Å². The number of aromatic amines is 1. The molecule has 1 heterocycles. The number of nitrogens with zero attached hydrogens (tertiary/aromatic N) is 2. The molecule has 0 radical (unpaired) electrons. The zero-order valence-electron chi connectivity index (χ0n) is 5.89. The number of aryl methyl sites for hydroxylation is 1. The molecule has 1 aromatic rings. The molecule has 0 aromatic carbocycles. The predicted molar refractivity (Wildman–Crippen MR) is 36.2 cm³/mol. The average molecular weight is 138 g/mol. The van der Waals surface area contributed by atoms with Gasteiger partial charge in [-0.1, -0.05) is 0 Å². The third-order valence-corrected chi connectivity index (χ3v) is 1.86. The smallest absolute Gasteiger partial charge is 0.150 e. The number of nitrogens with one attached hydrogen (secondary N) is 1. The van der Waals surface area contributed by atoms with Crippen molar-refractivity contribution in [1.82, 2.24) is 15.2 Å². The van der Waals surface area contributed by atoms with E-state index in [0.29, 0.717) is 0 Å². The highest BCUT2D eigenvalue weighted by Crippen LogP contribution is 2.40. The van der Waals surface area contributed by atoms with Crippen LogP contribution in [0.15, 0.2) is 0 Å². The second kappa shape index (κ2) is 1.58. The molecular weight excluding hydrogens is 128 g/mol. The summed E-state index contributed by atoms with van der Waals surface area (Å²) < 4.78 is 0. The Balaban J connectivity index is 2.34. The van der Waals surface area contributed by atoms with Crippen LogP contribution < -0.4 is 5.73 Å². The molecule has 1 saturated carbocycles. The summed E-state index contributed by atoms with van der Waals surface area (Å²) in [7, 11) is 0. The van der Waals surface area contributed by atoms with Gasteiger partial charge < -0.3 is 10.7 Å². The van der Waals surface area contributed by atoms with Crippen LogP contribution in [0.1, 0.15) is 24.5 Å². The van der Waals surface area contributed by atoms with Gasteiger partial charge in [0.2, 0.25) is 0 Å². The van der Waals surface area contributed by atoms with Crippen LogP contribution in [0, 0.1) is 6.92 Å². The number of hydrogen-bond acceptors (Lipinski definition) is 3. The van der Waals surface area contributed by atoms with E-state index in [-0.39, 0.29) is 5.54 Å². The summed E-state index contributed by atoms with van der Waals surface area (Å²) >= 11 is 0. The Kier molecular flexibility index (Phi) is 0.922. The van der Waals surface area contributed by atoms with Gasteiger partial charge in [0.1, 0.15) is 5.82 Å². The van der Waals surface area contributed by atoms with Gasteiger partial charge in [0.05, 0.1) is 5.54 Å². The lowest BCUT2D eigenvalue weighted by molar-refractivity contribution is 0.676. The van der Waals surface area contributed by atoms with Crippen LogP contribution in [0.2, 0.25) is 0 Å². The Hall–Kier alpha value is -0.900. The Morgan fingerprint density at radius 3 is 2.60 bits per heavy atom. The van der Waals surface area contributed by atoms with E-state index in [1.165, 1.54) is 0 Å². The highest BCUT2D eigenvalue weighted by molar-refractivity contribution is 5.13. The van der Waals surface area contributed by atoms with Crippen molar-refractivity contribution in [3.8, 4) is 0 Å². The third kappa shape index (κ3) is 0.724. The summed E-state index contributed by atoms with van der Waals surface area (Å²) in [5, 5.41) is 7.76. The monoisotopic (exact) mass is 138 g/mol. The van der Waals surface area contributed by atoms with E-state index in [4.69, 9.17) is 5.73 Å². The molecule has 0 atom stereocenters. The second-order valence-electron chi connectivity index (χ2n) is 2.92. The summed E-state index contributed by atoms with van der Waals surface area (Å²) in [5.41, 5.74) is 5.68. The summed E-state index contributed by atoms with van der Waals surface area (Å²) in [5.74, 6) is 1.68. The fourth-order valence-electron chi connectivity index (χ4n) is 0.942. The molecule has 0 aliphatic heterocycles. The standard InChI is InChI=1S/C6H10N4/c1-4-8-5(10-9-4)6(7)2-3-6/h2-3,7H2,1H3,(H,8,9,10). The SMILES string of the molecule is Cc1nnc(C2(N)CC2)[nH]1. The Bertz CT molecular complexity index is 248. The maximum absolute atomic E-state index is 5.85. The van der Waals surface area contributed by atoms with Crippen molar-refractivity contribution in [3.05, 3.63) is 11.6 Å². The fourth-order valence-corrected chi connectivity index (χ4v) is 0.942. The van der Waals surface area contributed by atoms with Crippen LogP contribution in [0.3, 0.4) is 0 Å². The van der Waals surface area contributed by atoms with Gasteiger partial charge >= 0.3 is 0 Å². The summed E-state index contributed by atoms with van der Waals surface area (Å²) in [6, 6.07) is 0. The average Bonchev–Trinajstić information content (AvgIpc) is 2.45. The predicted octanol–water partition coefficient (Wildman–Crippen LogP) is 0.0609. The van der Waals surface area contributed by atoms with Crippen molar-refractivity contribution >= 4 is 0 Å². The molecule has 10 heavy (non-hydrogen) atoms. The molecule has 54 valence electrons. The molecule has 0 unspecified atom stereocenters. The molecule has 0 saturated heterocycles. The summed E-state index contributed by atoms with van der Waals surface area (Å²) in [6.07, 6.45) is 2.06. The van der Waals surface area contributed by atoms with Gasteiger partial charge in [-0.05, 0) is 19.8 Å². The maximum atomic E-state index is 5.85. The van der Waals surface area contributed by atoms with E-state index in [9.17, 15) is 0 Å². The minimum absolute atomic E-state index is 0.165. The van der Waals surface area contributed by atoms with Gasteiger partial charge in [0.25, 0.3) is 0 Å². The lowest BCUT2D eigenvalue weighted by Gasteiger charge is -1.99. The molecule has 1 fully saturated rings. The van der Waals surface area contributed by atoms with Gasteiger partial charge in [-0.3, -0.25) is 0 Å². The Labute approximate surface area is 58.8 Å². The molecule has 2 rings (SSSR count). The topological polar surface area (TPSA) is 67.6 Å². The Morgan fingerprint density at radius 2 is 2.20 bits per heavy atom. The molecule has 4 heteroatoms. The summed E-state index contributed by atoms with van der Waals surface area (Å²) in [4.78, 5) is 3.03. The Morgan fingerprint density at radius 1 is 1.50 bits per heavy atom. The lowest BCUT2D eigenvalue weighted by Crippen LogP contribution is -2.20. The zero-order valence-corrected chi connectivity index (χ0v) is 5.89. The van der Waals surface area contributed by atoms with Crippen LogP contribution in [0.4, 0.5) is 0 Å². The first-order valence-electron chi connectivity index (χ1n) is 3.39. The zero-order chi connectivity index (χ0) is 7.19. The van der Waals surface area contributed by atoms with Gasteiger partial charge in [0, 0.05) is 0 Å². The largest absolute Gasteiger partial charge is 0.328 e. The minimum atomic E-state index is -0.165. The lowest BCUT2D eigenvalue weighted by atomic mass is 10.3. The van der Waals surface area contributed by atoms with Crippen LogP contribution in [-0.4, -0.2) is 15.2 Å². The van der Waals surface area contributed by atoms with Gasteiger partial charge in [-0.15, -0.1) is 10.2 Å². The normalized spacial score (nSPS) is 21.0. The quantitative estimate of drug-likeness (QED) is 0.576. The van der Waals surface area contributed by atoms with Gasteiger partial charge in [-0.2, -0.15) is 0 Å². The fraction of sp³-hybridized carbons (Fsp3) is 0.667.